The summed E-state index contributed by atoms with van der Waals surface area (Å²) in [5.74, 6) is 0. The molecule has 1 aliphatic rings. The molecule has 1 heterocycles. The van der Waals surface area contributed by atoms with E-state index in [1.54, 1.807) is 12.1 Å². The number of halogens is 2. The minimum atomic E-state index is -0.0977. The van der Waals surface area contributed by atoms with Crippen molar-refractivity contribution >= 4 is 35.2 Å². The van der Waals surface area contributed by atoms with Crippen LogP contribution in [0, 0.1) is 0 Å². The molecule has 2 rings (SSSR count). The van der Waals surface area contributed by atoms with Crippen LogP contribution in [0.1, 0.15) is 6.42 Å². The summed E-state index contributed by atoms with van der Waals surface area (Å²) in [4.78, 5) is 10.6. The van der Waals surface area contributed by atoms with Gasteiger partial charge in [0.15, 0.2) is 0 Å². The van der Waals surface area contributed by atoms with E-state index in [1.165, 1.54) is 0 Å². The first-order valence-corrected chi connectivity index (χ1v) is 5.40. The van der Waals surface area contributed by atoms with Crippen LogP contribution in [0.5, 0.6) is 0 Å². The zero-order valence-corrected chi connectivity index (χ0v) is 9.42. The van der Waals surface area contributed by atoms with Crippen molar-refractivity contribution in [3.8, 4) is 0 Å². The van der Waals surface area contributed by atoms with Crippen molar-refractivity contribution in [3.63, 3.8) is 0 Å². The number of carbonyl (C=O) groups is 1. The van der Waals surface area contributed by atoms with Gasteiger partial charge in [0.2, 0.25) is 0 Å². The van der Waals surface area contributed by atoms with Crippen molar-refractivity contribution in [1.29, 1.82) is 0 Å². The normalized spacial score (nSPS) is 20.7. The van der Waals surface area contributed by atoms with Crippen molar-refractivity contribution in [2.24, 2.45) is 0 Å². The summed E-state index contributed by atoms with van der Waals surface area (Å²) in [5.41, 5.74) is 3.99. The van der Waals surface area contributed by atoms with Crippen LogP contribution in [0.4, 0.5) is 5.69 Å². The number of aldehydes is 1. The van der Waals surface area contributed by atoms with Crippen LogP contribution in [0.25, 0.3) is 0 Å². The van der Waals surface area contributed by atoms with Gasteiger partial charge in [0, 0.05) is 6.54 Å². The van der Waals surface area contributed by atoms with E-state index in [0.29, 0.717) is 10.0 Å². The Kier molecular flexibility index (Phi) is 3.14. The molecule has 0 bridgehead atoms. The van der Waals surface area contributed by atoms with Gasteiger partial charge in [0.1, 0.15) is 6.29 Å². The zero-order chi connectivity index (χ0) is 10.8. The molecule has 5 heteroatoms. The summed E-state index contributed by atoms with van der Waals surface area (Å²) < 4.78 is 0. The number of hydrogen-bond donors (Lipinski definition) is 1. The van der Waals surface area contributed by atoms with Gasteiger partial charge in [-0.15, -0.1) is 0 Å². The Morgan fingerprint density at radius 1 is 1.40 bits per heavy atom. The zero-order valence-electron chi connectivity index (χ0n) is 7.91. The average molecular weight is 245 g/mol. The number of hydrazine groups is 1. The third kappa shape index (κ3) is 2.25. The van der Waals surface area contributed by atoms with Crippen LogP contribution in [-0.2, 0) is 4.79 Å². The molecular formula is C10H10Cl2N2O. The Bertz CT molecular complexity index is 384. The topological polar surface area (TPSA) is 32.3 Å². The number of hydrogen-bond acceptors (Lipinski definition) is 3. The van der Waals surface area contributed by atoms with Crippen molar-refractivity contribution in [1.82, 2.24) is 5.43 Å². The highest BCUT2D eigenvalue weighted by Gasteiger charge is 2.21. The maximum Gasteiger partial charge on any atom is 0.138 e. The van der Waals surface area contributed by atoms with Crippen LogP contribution >= 0.6 is 23.2 Å². The maximum absolute atomic E-state index is 10.6. The van der Waals surface area contributed by atoms with Gasteiger partial charge in [-0.05, 0) is 24.6 Å². The lowest BCUT2D eigenvalue weighted by atomic mass is 10.3. The van der Waals surface area contributed by atoms with Gasteiger partial charge >= 0.3 is 0 Å². The monoisotopic (exact) mass is 244 g/mol. The van der Waals surface area contributed by atoms with Gasteiger partial charge < -0.3 is 9.80 Å². The first kappa shape index (κ1) is 10.7. The lowest BCUT2D eigenvalue weighted by molar-refractivity contribution is -0.109. The molecule has 15 heavy (non-hydrogen) atoms. The van der Waals surface area contributed by atoms with E-state index in [-0.39, 0.29) is 6.04 Å². The van der Waals surface area contributed by atoms with Gasteiger partial charge in [0.25, 0.3) is 0 Å². The van der Waals surface area contributed by atoms with E-state index in [9.17, 15) is 4.79 Å². The summed E-state index contributed by atoms with van der Waals surface area (Å²) in [6.07, 6.45) is 1.72. The van der Waals surface area contributed by atoms with Crippen LogP contribution in [0.3, 0.4) is 0 Å². The van der Waals surface area contributed by atoms with Crippen LogP contribution < -0.4 is 10.4 Å². The molecule has 1 saturated heterocycles. The summed E-state index contributed by atoms with van der Waals surface area (Å²) in [6, 6.07) is 5.30. The second kappa shape index (κ2) is 4.39. The Morgan fingerprint density at radius 2 is 2.20 bits per heavy atom. The third-order valence-electron chi connectivity index (χ3n) is 2.36. The van der Waals surface area contributed by atoms with Gasteiger partial charge in [-0.3, -0.25) is 0 Å². The maximum atomic E-state index is 10.6. The van der Waals surface area contributed by atoms with Crippen LogP contribution in [0.15, 0.2) is 18.2 Å². The molecule has 0 spiro atoms. The number of carbonyl (C=O) groups excluding carboxylic acids is 1. The molecule has 1 aliphatic heterocycles. The lowest BCUT2D eigenvalue weighted by Crippen LogP contribution is -2.36. The Balaban J connectivity index is 2.17. The van der Waals surface area contributed by atoms with E-state index >= 15 is 0 Å². The highest BCUT2D eigenvalue weighted by atomic mass is 35.5. The molecule has 0 amide bonds. The standard InChI is InChI=1S/C10H10Cl2N2O/c11-9-2-1-8(5-10(9)12)14-4-3-7(6-15)13-14/h1-2,5-7,13H,3-4H2. The fraction of sp³-hybridized carbons (Fsp3) is 0.300. The summed E-state index contributed by atoms with van der Waals surface area (Å²) >= 11 is 11.7. The molecule has 1 unspecified atom stereocenters. The number of rotatable bonds is 2. The fourth-order valence-corrected chi connectivity index (χ4v) is 1.84. The summed E-state index contributed by atoms with van der Waals surface area (Å²) in [5, 5.41) is 2.96. The summed E-state index contributed by atoms with van der Waals surface area (Å²) in [7, 11) is 0. The Morgan fingerprint density at radius 3 is 2.80 bits per heavy atom. The summed E-state index contributed by atoms with van der Waals surface area (Å²) in [6.45, 7) is 0.793. The molecule has 3 nitrogen and oxygen atoms in total. The molecule has 0 saturated carbocycles. The predicted octanol–water partition coefficient (Wildman–Crippen LogP) is 2.28. The molecule has 1 aromatic rings. The second-order valence-corrected chi connectivity index (χ2v) is 4.22. The molecule has 0 aliphatic carbocycles. The van der Waals surface area contributed by atoms with Crippen molar-refractivity contribution in [2.45, 2.75) is 12.5 Å². The Labute approximate surface area is 97.9 Å². The van der Waals surface area contributed by atoms with E-state index in [0.717, 1.165) is 24.9 Å². The SMILES string of the molecule is O=CC1CCN(c2ccc(Cl)c(Cl)c2)N1. The highest BCUT2D eigenvalue weighted by molar-refractivity contribution is 6.42. The molecule has 1 N–H and O–H groups in total. The fourth-order valence-electron chi connectivity index (χ4n) is 1.55. The predicted molar refractivity (Wildman–Crippen MR) is 61.4 cm³/mol. The third-order valence-corrected chi connectivity index (χ3v) is 3.10. The molecule has 0 aromatic heterocycles. The van der Waals surface area contributed by atoms with Crippen molar-refractivity contribution < 1.29 is 4.79 Å². The number of anilines is 1. The average Bonchev–Trinajstić information content (AvgIpc) is 2.70. The molecular weight excluding hydrogens is 235 g/mol. The van der Waals surface area contributed by atoms with Crippen LogP contribution in [0.2, 0.25) is 10.0 Å². The first-order valence-electron chi connectivity index (χ1n) is 4.65. The van der Waals surface area contributed by atoms with E-state index in [1.807, 2.05) is 11.1 Å². The largest absolute Gasteiger partial charge is 0.308 e. The van der Waals surface area contributed by atoms with E-state index in [4.69, 9.17) is 23.2 Å². The number of benzene rings is 1. The minimum Gasteiger partial charge on any atom is -0.308 e. The molecule has 1 atom stereocenters. The lowest BCUT2D eigenvalue weighted by Gasteiger charge is -2.18. The van der Waals surface area contributed by atoms with Gasteiger partial charge in [-0.1, -0.05) is 23.2 Å². The Hall–Kier alpha value is -0.770. The van der Waals surface area contributed by atoms with Gasteiger partial charge in [0.05, 0.1) is 21.8 Å². The van der Waals surface area contributed by atoms with Gasteiger partial charge in [-0.2, -0.15) is 0 Å². The quantitative estimate of drug-likeness (QED) is 0.811. The van der Waals surface area contributed by atoms with Gasteiger partial charge in [-0.25, -0.2) is 5.43 Å². The van der Waals surface area contributed by atoms with E-state index in [2.05, 4.69) is 5.43 Å². The number of nitrogens with one attached hydrogen (secondary N) is 1. The number of nitrogens with zero attached hydrogens (tertiary/aromatic N) is 1. The smallest absolute Gasteiger partial charge is 0.138 e. The molecule has 1 fully saturated rings. The van der Waals surface area contributed by atoms with Crippen molar-refractivity contribution in [2.75, 3.05) is 11.6 Å². The second-order valence-electron chi connectivity index (χ2n) is 3.41. The molecule has 80 valence electrons. The highest BCUT2D eigenvalue weighted by Crippen LogP contribution is 2.27. The van der Waals surface area contributed by atoms with Crippen LogP contribution in [-0.4, -0.2) is 18.9 Å². The minimum absolute atomic E-state index is 0.0977. The molecule has 0 radical (unpaired) electrons. The molecule has 1 aromatic carbocycles. The first-order chi connectivity index (χ1) is 7.20. The van der Waals surface area contributed by atoms with Crippen molar-refractivity contribution in [3.05, 3.63) is 28.2 Å². The van der Waals surface area contributed by atoms with E-state index < -0.39 is 0 Å².